The number of benzene rings is 2. The lowest BCUT2D eigenvalue weighted by Crippen LogP contribution is -2.28. The van der Waals surface area contributed by atoms with Crippen LogP contribution in [0.25, 0.3) is 11.1 Å². The first-order valence-electron chi connectivity index (χ1n) is 6.63. The number of halogens is 1. The number of fused-ring (bicyclic) bond motifs is 1. The molecule has 6 heteroatoms. The third-order valence-corrected chi connectivity index (χ3v) is 3.81. The van der Waals surface area contributed by atoms with Crippen molar-refractivity contribution in [1.29, 1.82) is 0 Å². The molecule has 0 radical (unpaired) electrons. The Morgan fingerprint density at radius 2 is 1.86 bits per heavy atom. The summed E-state index contributed by atoms with van der Waals surface area (Å²) in [6, 6.07) is 13.0. The average Bonchev–Trinajstić information content (AvgIpc) is 2.84. The molecule has 2 aromatic carbocycles. The summed E-state index contributed by atoms with van der Waals surface area (Å²) in [5, 5.41) is 0. The van der Waals surface area contributed by atoms with Gasteiger partial charge in [-0.25, -0.2) is 9.59 Å². The van der Waals surface area contributed by atoms with Gasteiger partial charge in [0.15, 0.2) is 5.58 Å². The topological polar surface area (TPSA) is 61.4 Å². The maximum Gasteiger partial charge on any atom is 0.420 e. The van der Waals surface area contributed by atoms with Crippen molar-refractivity contribution in [2.45, 2.75) is 13.0 Å². The van der Waals surface area contributed by atoms with Gasteiger partial charge < -0.3 is 9.15 Å². The second-order valence-electron chi connectivity index (χ2n) is 4.76. The van der Waals surface area contributed by atoms with Crippen LogP contribution >= 0.6 is 15.9 Å². The summed E-state index contributed by atoms with van der Waals surface area (Å²) in [5.74, 6) is -0.696. The standard InChI is InChI=1S/C16H12BrNO4/c1-10(15(19)21-12-8-6-11(17)7-9-12)18-13-4-2-3-5-14(13)22-16(18)20/h2-10H,1H3. The number of ether oxygens (including phenoxy) is 1. The van der Waals surface area contributed by atoms with E-state index in [9.17, 15) is 9.59 Å². The Morgan fingerprint density at radius 3 is 2.59 bits per heavy atom. The van der Waals surface area contributed by atoms with E-state index in [0.29, 0.717) is 16.8 Å². The fraction of sp³-hybridized carbons (Fsp3) is 0.125. The minimum atomic E-state index is -0.792. The molecule has 5 nitrogen and oxygen atoms in total. The lowest BCUT2D eigenvalue weighted by atomic mass is 10.3. The lowest BCUT2D eigenvalue weighted by molar-refractivity contribution is -0.137. The average molecular weight is 362 g/mol. The molecular formula is C16H12BrNO4. The molecule has 1 unspecified atom stereocenters. The van der Waals surface area contributed by atoms with E-state index in [1.807, 2.05) is 0 Å². The minimum absolute atomic E-state index is 0.417. The van der Waals surface area contributed by atoms with Gasteiger partial charge in [0.1, 0.15) is 11.8 Å². The van der Waals surface area contributed by atoms with Gasteiger partial charge >= 0.3 is 11.7 Å². The number of carbonyl (C=O) groups excluding carboxylic acids is 1. The molecule has 0 aliphatic rings. The summed E-state index contributed by atoms with van der Waals surface area (Å²) < 4.78 is 12.6. The highest BCUT2D eigenvalue weighted by molar-refractivity contribution is 9.10. The molecule has 0 aliphatic heterocycles. The van der Waals surface area contributed by atoms with Crippen LogP contribution in [0.4, 0.5) is 0 Å². The molecular weight excluding hydrogens is 350 g/mol. The zero-order valence-corrected chi connectivity index (χ0v) is 13.2. The number of esters is 1. The maximum absolute atomic E-state index is 12.3. The number of hydrogen-bond donors (Lipinski definition) is 0. The van der Waals surface area contributed by atoms with Crippen LogP contribution in [0.3, 0.4) is 0 Å². The van der Waals surface area contributed by atoms with E-state index in [1.54, 1.807) is 55.5 Å². The fourth-order valence-electron chi connectivity index (χ4n) is 2.16. The van der Waals surface area contributed by atoms with Crippen molar-refractivity contribution in [3.8, 4) is 5.75 Å². The number of nitrogens with zero attached hydrogens (tertiary/aromatic N) is 1. The molecule has 22 heavy (non-hydrogen) atoms. The summed E-state index contributed by atoms with van der Waals surface area (Å²) in [6.07, 6.45) is 0. The Kier molecular flexibility index (Phi) is 3.85. The lowest BCUT2D eigenvalue weighted by Gasteiger charge is -2.12. The molecule has 1 aromatic heterocycles. The Balaban J connectivity index is 1.90. The molecule has 1 atom stereocenters. The van der Waals surface area contributed by atoms with Crippen LogP contribution < -0.4 is 10.5 Å². The molecule has 112 valence electrons. The van der Waals surface area contributed by atoms with Crippen LogP contribution in [0.2, 0.25) is 0 Å². The number of rotatable bonds is 3. The Hall–Kier alpha value is -2.34. The molecule has 3 aromatic rings. The quantitative estimate of drug-likeness (QED) is 0.528. The van der Waals surface area contributed by atoms with Gasteiger partial charge in [0, 0.05) is 4.47 Å². The molecule has 0 saturated heterocycles. The van der Waals surface area contributed by atoms with Crippen molar-refractivity contribution in [3.05, 3.63) is 63.6 Å². The highest BCUT2D eigenvalue weighted by atomic mass is 79.9. The van der Waals surface area contributed by atoms with Gasteiger partial charge in [0.25, 0.3) is 0 Å². The second kappa shape index (κ2) is 5.81. The predicted molar refractivity (Wildman–Crippen MR) is 85.0 cm³/mol. The summed E-state index contributed by atoms with van der Waals surface area (Å²) in [7, 11) is 0. The Bertz CT molecular complexity index is 879. The molecule has 0 N–H and O–H groups in total. The SMILES string of the molecule is CC(C(=O)Oc1ccc(Br)cc1)n1c(=O)oc2ccccc21. The van der Waals surface area contributed by atoms with E-state index in [0.717, 1.165) is 4.47 Å². The number of carbonyl (C=O) groups is 1. The van der Waals surface area contributed by atoms with Gasteiger partial charge in [0.05, 0.1) is 5.52 Å². The summed E-state index contributed by atoms with van der Waals surface area (Å²) in [5.41, 5.74) is 1.00. The van der Waals surface area contributed by atoms with E-state index < -0.39 is 17.8 Å². The van der Waals surface area contributed by atoms with Gasteiger partial charge in [-0.15, -0.1) is 0 Å². The minimum Gasteiger partial charge on any atom is -0.425 e. The van der Waals surface area contributed by atoms with E-state index in [-0.39, 0.29) is 0 Å². The number of oxazole rings is 1. The van der Waals surface area contributed by atoms with Gasteiger partial charge in [-0.1, -0.05) is 28.1 Å². The first-order valence-corrected chi connectivity index (χ1v) is 7.43. The zero-order valence-electron chi connectivity index (χ0n) is 11.7. The first kappa shape index (κ1) is 14.6. The highest BCUT2D eigenvalue weighted by Gasteiger charge is 2.23. The third kappa shape index (κ3) is 2.69. The molecule has 0 bridgehead atoms. The molecule has 0 aliphatic carbocycles. The highest BCUT2D eigenvalue weighted by Crippen LogP contribution is 2.20. The number of hydrogen-bond acceptors (Lipinski definition) is 4. The summed E-state index contributed by atoms with van der Waals surface area (Å²) in [4.78, 5) is 24.2. The monoisotopic (exact) mass is 361 g/mol. The van der Waals surface area contributed by atoms with Crippen molar-refractivity contribution in [3.63, 3.8) is 0 Å². The van der Waals surface area contributed by atoms with Crippen molar-refractivity contribution in [1.82, 2.24) is 4.57 Å². The third-order valence-electron chi connectivity index (χ3n) is 3.28. The molecule has 0 spiro atoms. The van der Waals surface area contributed by atoms with Gasteiger partial charge in [-0.3, -0.25) is 4.57 Å². The van der Waals surface area contributed by atoms with Gasteiger partial charge in [-0.05, 0) is 43.3 Å². The van der Waals surface area contributed by atoms with Crippen LogP contribution in [0.15, 0.2) is 62.2 Å². The largest absolute Gasteiger partial charge is 0.425 e. The zero-order chi connectivity index (χ0) is 15.7. The molecule has 0 fully saturated rings. The van der Waals surface area contributed by atoms with E-state index in [2.05, 4.69) is 15.9 Å². The van der Waals surface area contributed by atoms with E-state index in [4.69, 9.17) is 9.15 Å². The Labute approximate surface area is 134 Å². The van der Waals surface area contributed by atoms with Crippen LogP contribution in [0.5, 0.6) is 5.75 Å². The molecule has 0 amide bonds. The second-order valence-corrected chi connectivity index (χ2v) is 5.67. The maximum atomic E-state index is 12.3. The molecule has 1 heterocycles. The van der Waals surface area contributed by atoms with Crippen molar-refractivity contribution in [2.75, 3.05) is 0 Å². The normalized spacial score (nSPS) is 12.3. The molecule has 3 rings (SSSR count). The van der Waals surface area contributed by atoms with Crippen molar-refractivity contribution in [2.24, 2.45) is 0 Å². The van der Waals surface area contributed by atoms with Crippen molar-refractivity contribution < 1.29 is 13.9 Å². The van der Waals surface area contributed by atoms with E-state index >= 15 is 0 Å². The van der Waals surface area contributed by atoms with Crippen LogP contribution in [0.1, 0.15) is 13.0 Å². The van der Waals surface area contributed by atoms with Gasteiger partial charge in [0.2, 0.25) is 0 Å². The van der Waals surface area contributed by atoms with Crippen LogP contribution in [-0.4, -0.2) is 10.5 Å². The van der Waals surface area contributed by atoms with E-state index in [1.165, 1.54) is 4.57 Å². The summed E-state index contributed by atoms with van der Waals surface area (Å²) >= 11 is 3.31. The van der Waals surface area contributed by atoms with Crippen LogP contribution in [0, 0.1) is 0 Å². The summed E-state index contributed by atoms with van der Waals surface area (Å²) in [6.45, 7) is 1.60. The molecule has 0 saturated carbocycles. The first-order chi connectivity index (χ1) is 10.6. The van der Waals surface area contributed by atoms with Gasteiger partial charge in [-0.2, -0.15) is 0 Å². The number of aromatic nitrogens is 1. The number of para-hydroxylation sites is 2. The van der Waals surface area contributed by atoms with Crippen LogP contribution in [-0.2, 0) is 4.79 Å². The van der Waals surface area contributed by atoms with Crippen molar-refractivity contribution >= 4 is 33.0 Å². The Morgan fingerprint density at radius 1 is 1.18 bits per heavy atom. The fourth-order valence-corrected chi connectivity index (χ4v) is 2.42. The predicted octanol–water partition coefficient (Wildman–Crippen LogP) is 3.52. The smallest absolute Gasteiger partial charge is 0.420 e.